The lowest BCUT2D eigenvalue weighted by atomic mass is 10.1. The maximum Gasteiger partial charge on any atom is 0.286 e. The molecule has 1 N–H and O–H groups in total. The number of carbonyl (C=O) groups excluding carboxylic acids is 1. The molecule has 0 bridgehead atoms. The first kappa shape index (κ1) is 19.5. The minimum absolute atomic E-state index is 0.153. The number of nitro groups is 1. The highest BCUT2D eigenvalue weighted by atomic mass is 32.1. The summed E-state index contributed by atoms with van der Waals surface area (Å²) in [7, 11) is 2.90. The van der Waals surface area contributed by atoms with E-state index in [1.807, 2.05) is 24.3 Å². The van der Waals surface area contributed by atoms with Crippen LogP contribution < -0.4 is 14.8 Å². The lowest BCUT2D eigenvalue weighted by Gasteiger charge is -2.12. The molecule has 9 nitrogen and oxygen atoms in total. The number of amides is 1. The number of fused-ring (bicyclic) bond motifs is 1. The van der Waals surface area contributed by atoms with Crippen LogP contribution in [0.3, 0.4) is 0 Å². The van der Waals surface area contributed by atoms with Gasteiger partial charge < -0.3 is 14.2 Å². The van der Waals surface area contributed by atoms with Gasteiger partial charge in [-0.3, -0.25) is 20.2 Å². The van der Waals surface area contributed by atoms with Gasteiger partial charge in [0.1, 0.15) is 12.2 Å². The van der Waals surface area contributed by atoms with Gasteiger partial charge in [-0.15, -0.1) is 0 Å². The van der Waals surface area contributed by atoms with Gasteiger partial charge in [0.05, 0.1) is 34.9 Å². The van der Waals surface area contributed by atoms with Crippen LogP contribution >= 0.6 is 11.3 Å². The van der Waals surface area contributed by atoms with E-state index in [2.05, 4.69) is 10.3 Å². The number of anilines is 1. The van der Waals surface area contributed by atoms with Crippen LogP contribution in [0.5, 0.6) is 11.5 Å². The average molecular weight is 403 g/mol. The highest BCUT2D eigenvalue weighted by molar-refractivity contribution is 7.22. The van der Waals surface area contributed by atoms with E-state index in [0.29, 0.717) is 11.7 Å². The highest BCUT2D eigenvalue weighted by Gasteiger charge is 2.25. The fraction of sp³-hybridized carbons (Fsp3) is 0.222. The summed E-state index contributed by atoms with van der Waals surface area (Å²) in [5.41, 5.74) is 0.184. The van der Waals surface area contributed by atoms with E-state index in [1.165, 1.54) is 37.7 Å². The van der Waals surface area contributed by atoms with Crippen molar-refractivity contribution in [3.05, 3.63) is 52.1 Å². The van der Waals surface area contributed by atoms with Gasteiger partial charge in [-0.2, -0.15) is 0 Å². The van der Waals surface area contributed by atoms with Crippen LogP contribution in [-0.2, 0) is 4.74 Å². The third-order valence-corrected chi connectivity index (χ3v) is 4.73. The normalized spacial score (nSPS) is 10.6. The van der Waals surface area contributed by atoms with Crippen LogP contribution in [0.1, 0.15) is 10.4 Å². The number of methoxy groups -OCH3 is 2. The van der Waals surface area contributed by atoms with Crippen molar-refractivity contribution in [2.75, 3.05) is 32.8 Å². The summed E-state index contributed by atoms with van der Waals surface area (Å²) in [5.74, 6) is -0.300. The highest BCUT2D eigenvalue weighted by Crippen LogP contribution is 2.35. The van der Waals surface area contributed by atoms with E-state index >= 15 is 0 Å². The minimum atomic E-state index is -0.660. The van der Waals surface area contributed by atoms with Crippen LogP contribution in [0, 0.1) is 10.1 Å². The summed E-state index contributed by atoms with van der Waals surface area (Å²) >= 11 is 1.28. The van der Waals surface area contributed by atoms with E-state index in [4.69, 9.17) is 14.2 Å². The molecule has 0 saturated carbocycles. The molecule has 3 rings (SSSR count). The van der Waals surface area contributed by atoms with Crippen molar-refractivity contribution in [3.8, 4) is 11.5 Å². The summed E-state index contributed by atoms with van der Waals surface area (Å²) in [4.78, 5) is 27.9. The number of nitrogens with zero attached hydrogens (tertiary/aromatic N) is 2. The number of rotatable bonds is 8. The second-order valence-corrected chi connectivity index (χ2v) is 6.59. The average Bonchev–Trinajstić information content (AvgIpc) is 3.09. The molecule has 0 spiro atoms. The molecule has 0 saturated heterocycles. The molecule has 0 fully saturated rings. The van der Waals surface area contributed by atoms with Crippen LogP contribution in [-0.4, -0.2) is 43.2 Å². The molecule has 1 amide bonds. The third kappa shape index (κ3) is 4.18. The van der Waals surface area contributed by atoms with Crippen molar-refractivity contribution in [1.29, 1.82) is 0 Å². The van der Waals surface area contributed by atoms with Crippen LogP contribution in [0.25, 0.3) is 10.2 Å². The first-order valence-corrected chi connectivity index (χ1v) is 9.00. The Hall–Kier alpha value is -3.24. The number of aromatic nitrogens is 1. The summed E-state index contributed by atoms with van der Waals surface area (Å²) in [5, 5.41) is 14.5. The number of para-hydroxylation sites is 1. The quantitative estimate of drug-likeness (QED) is 0.348. The van der Waals surface area contributed by atoms with Crippen LogP contribution in [0.2, 0.25) is 0 Å². The SMILES string of the molecule is COCCOc1cc([N+](=O)[O-])c(C(=O)Nc2nc3ccccc3s2)cc1OC. The fourth-order valence-corrected chi connectivity index (χ4v) is 3.34. The molecule has 10 heteroatoms. The van der Waals surface area contributed by atoms with E-state index in [1.54, 1.807) is 0 Å². The van der Waals surface area contributed by atoms with E-state index < -0.39 is 16.5 Å². The molecule has 1 heterocycles. The molecule has 0 aliphatic heterocycles. The van der Waals surface area contributed by atoms with Gasteiger partial charge in [0, 0.05) is 13.2 Å². The number of benzene rings is 2. The molecular weight excluding hydrogens is 386 g/mol. The van der Waals surface area contributed by atoms with Gasteiger partial charge in [-0.1, -0.05) is 23.5 Å². The molecule has 28 heavy (non-hydrogen) atoms. The standard InChI is InChI=1S/C18H17N3O6S/c1-25-7-8-27-15-10-13(21(23)24)11(9-14(15)26-2)17(22)20-18-19-12-5-3-4-6-16(12)28-18/h3-6,9-10H,7-8H2,1-2H3,(H,19,20,22). The molecule has 3 aromatic rings. The van der Waals surface area contributed by atoms with Gasteiger partial charge in [-0.25, -0.2) is 4.98 Å². The number of thiazole rings is 1. The molecule has 0 unspecified atom stereocenters. The fourth-order valence-electron chi connectivity index (χ4n) is 2.48. The van der Waals surface area contributed by atoms with Crippen molar-refractivity contribution in [2.45, 2.75) is 0 Å². The lowest BCUT2D eigenvalue weighted by molar-refractivity contribution is -0.385. The third-order valence-electron chi connectivity index (χ3n) is 3.78. The predicted molar refractivity (Wildman–Crippen MR) is 105 cm³/mol. The van der Waals surface area contributed by atoms with Gasteiger partial charge in [0.2, 0.25) is 0 Å². The van der Waals surface area contributed by atoms with Crippen LogP contribution in [0.4, 0.5) is 10.8 Å². The molecule has 1 aromatic heterocycles. The van der Waals surface area contributed by atoms with E-state index in [9.17, 15) is 14.9 Å². The van der Waals surface area contributed by atoms with E-state index in [0.717, 1.165) is 10.2 Å². The Morgan fingerprint density at radius 2 is 2.00 bits per heavy atom. The molecule has 0 atom stereocenters. The first-order valence-electron chi connectivity index (χ1n) is 8.18. The molecule has 146 valence electrons. The summed E-state index contributed by atoms with van der Waals surface area (Å²) in [6.45, 7) is 0.484. The molecule has 2 aromatic carbocycles. The lowest BCUT2D eigenvalue weighted by Crippen LogP contribution is -2.15. The zero-order chi connectivity index (χ0) is 20.1. The van der Waals surface area contributed by atoms with Gasteiger partial charge in [0.15, 0.2) is 16.6 Å². The van der Waals surface area contributed by atoms with Gasteiger partial charge in [0.25, 0.3) is 11.6 Å². The van der Waals surface area contributed by atoms with Crippen molar-refractivity contribution >= 4 is 38.3 Å². The molecule has 0 radical (unpaired) electrons. The summed E-state index contributed by atoms with van der Waals surface area (Å²) in [6, 6.07) is 9.85. The number of nitro benzene ring substituents is 1. The summed E-state index contributed by atoms with van der Waals surface area (Å²) in [6.07, 6.45) is 0. The van der Waals surface area contributed by atoms with E-state index in [-0.39, 0.29) is 23.7 Å². The molecular formula is C18H17N3O6S. The number of hydrogen-bond acceptors (Lipinski definition) is 8. The smallest absolute Gasteiger partial charge is 0.286 e. The zero-order valence-electron chi connectivity index (χ0n) is 15.1. The zero-order valence-corrected chi connectivity index (χ0v) is 15.9. The van der Waals surface area contributed by atoms with Gasteiger partial charge >= 0.3 is 0 Å². The Bertz CT molecular complexity index is 987. The second-order valence-electron chi connectivity index (χ2n) is 5.56. The second kappa shape index (κ2) is 8.63. The van der Waals surface area contributed by atoms with Crippen molar-refractivity contribution < 1.29 is 23.9 Å². The van der Waals surface area contributed by atoms with Crippen molar-refractivity contribution in [3.63, 3.8) is 0 Å². The van der Waals surface area contributed by atoms with Crippen molar-refractivity contribution in [2.24, 2.45) is 0 Å². The van der Waals surface area contributed by atoms with Gasteiger partial charge in [-0.05, 0) is 12.1 Å². The monoisotopic (exact) mass is 403 g/mol. The predicted octanol–water partition coefficient (Wildman–Crippen LogP) is 3.49. The largest absolute Gasteiger partial charge is 0.493 e. The number of carbonyl (C=O) groups is 1. The Kier molecular flexibility index (Phi) is 6.02. The number of hydrogen-bond donors (Lipinski definition) is 1. The molecule has 0 aliphatic rings. The first-order chi connectivity index (χ1) is 13.5. The van der Waals surface area contributed by atoms with Crippen molar-refractivity contribution in [1.82, 2.24) is 4.98 Å². The maximum atomic E-state index is 12.7. The number of nitrogens with one attached hydrogen (secondary N) is 1. The topological polar surface area (TPSA) is 113 Å². The Labute approximate surface area is 164 Å². The Balaban J connectivity index is 1.92. The maximum absolute atomic E-state index is 12.7. The molecule has 0 aliphatic carbocycles. The minimum Gasteiger partial charge on any atom is -0.493 e. The Morgan fingerprint density at radius 3 is 2.68 bits per heavy atom. The Morgan fingerprint density at radius 1 is 1.21 bits per heavy atom. The number of ether oxygens (including phenoxy) is 3. The van der Waals surface area contributed by atoms with Crippen LogP contribution in [0.15, 0.2) is 36.4 Å². The summed E-state index contributed by atoms with van der Waals surface area (Å²) < 4.78 is 16.5.